The average molecular weight is 308 g/mol. The van der Waals surface area contributed by atoms with Gasteiger partial charge in [0.1, 0.15) is 11.8 Å². The zero-order valence-corrected chi connectivity index (χ0v) is 12.6. The predicted octanol–water partition coefficient (Wildman–Crippen LogP) is -0.628. The Kier molecular flexibility index (Phi) is 4.10. The molecule has 1 saturated carbocycles. The van der Waals surface area contributed by atoms with Gasteiger partial charge in [0.15, 0.2) is 0 Å². The van der Waals surface area contributed by atoms with Crippen molar-refractivity contribution in [2.24, 2.45) is 17.4 Å². The molecule has 0 aromatic carbocycles. The van der Waals surface area contributed by atoms with Crippen LogP contribution in [-0.4, -0.2) is 52.5 Å². The van der Waals surface area contributed by atoms with Crippen LogP contribution in [0.5, 0.6) is 0 Å². The van der Waals surface area contributed by atoms with Crippen molar-refractivity contribution < 1.29 is 14.7 Å². The van der Waals surface area contributed by atoms with E-state index in [-0.39, 0.29) is 29.8 Å². The standard InChI is InChI=1S/C15H24N4O3/c16-8-5-9(17)7-19-4-2-1-3-10(15(21)22)18-13-12(14(13)19)11(20)6-8/h7-8,10,12-14,18H,1-6,16-17H2,(H,21,22)/b9-7-. The smallest absolute Gasteiger partial charge is 0.320 e. The molecule has 7 nitrogen and oxygen atoms in total. The highest BCUT2D eigenvalue weighted by Crippen LogP contribution is 2.41. The lowest BCUT2D eigenvalue weighted by Crippen LogP contribution is -2.40. The van der Waals surface area contributed by atoms with Crippen LogP contribution in [0, 0.1) is 5.92 Å². The number of ketones is 1. The van der Waals surface area contributed by atoms with Gasteiger partial charge in [0.2, 0.25) is 0 Å². The molecule has 3 aliphatic rings. The van der Waals surface area contributed by atoms with Crippen molar-refractivity contribution in [3.63, 3.8) is 0 Å². The molecule has 2 heterocycles. The molecule has 7 heteroatoms. The maximum Gasteiger partial charge on any atom is 0.320 e. The maximum atomic E-state index is 12.4. The van der Waals surface area contributed by atoms with Gasteiger partial charge in [-0.1, -0.05) is 0 Å². The number of Topliss-reactive ketones (excluding diaryl/α,β-unsaturated/α-hetero) is 1. The summed E-state index contributed by atoms with van der Waals surface area (Å²) in [6, 6.07) is -0.938. The summed E-state index contributed by atoms with van der Waals surface area (Å²) < 4.78 is 0. The van der Waals surface area contributed by atoms with Crippen LogP contribution in [0.3, 0.4) is 0 Å². The highest BCUT2D eigenvalue weighted by atomic mass is 16.4. The number of aliphatic carboxylic acids is 1. The quantitative estimate of drug-likeness (QED) is 0.509. The summed E-state index contributed by atoms with van der Waals surface area (Å²) in [4.78, 5) is 25.9. The van der Waals surface area contributed by atoms with Crippen molar-refractivity contribution in [2.75, 3.05) is 6.54 Å². The first-order valence-electron chi connectivity index (χ1n) is 7.96. The minimum Gasteiger partial charge on any atom is -0.480 e. The topological polar surface area (TPSA) is 122 Å². The molecule has 2 fully saturated rings. The van der Waals surface area contributed by atoms with Crippen LogP contribution >= 0.6 is 0 Å². The number of fused-ring (bicyclic) bond motifs is 1. The Morgan fingerprint density at radius 1 is 1.36 bits per heavy atom. The SMILES string of the molecule is N/C1=C\N2CCCCC(C(=O)O)NC3C(C(=O)CC(N)C1)C32. The second-order valence-electron chi connectivity index (χ2n) is 6.67. The first-order valence-corrected chi connectivity index (χ1v) is 7.96. The molecular formula is C15H24N4O3. The van der Waals surface area contributed by atoms with Gasteiger partial charge < -0.3 is 21.5 Å². The number of nitrogens with zero attached hydrogens (tertiary/aromatic N) is 1. The van der Waals surface area contributed by atoms with Gasteiger partial charge >= 0.3 is 5.97 Å². The molecule has 0 aromatic heterocycles. The monoisotopic (exact) mass is 308 g/mol. The fourth-order valence-corrected chi connectivity index (χ4v) is 3.79. The number of hydrogen-bond acceptors (Lipinski definition) is 6. The van der Waals surface area contributed by atoms with E-state index in [1.165, 1.54) is 0 Å². The number of carboxylic acids is 1. The summed E-state index contributed by atoms with van der Waals surface area (Å²) in [5, 5.41) is 12.5. The molecule has 5 unspecified atom stereocenters. The van der Waals surface area contributed by atoms with E-state index in [1.807, 2.05) is 6.20 Å². The summed E-state index contributed by atoms with van der Waals surface area (Å²) in [7, 11) is 0. The Morgan fingerprint density at radius 2 is 2.14 bits per heavy atom. The van der Waals surface area contributed by atoms with Gasteiger partial charge in [0.25, 0.3) is 0 Å². The summed E-state index contributed by atoms with van der Waals surface area (Å²) >= 11 is 0. The molecular weight excluding hydrogens is 284 g/mol. The lowest BCUT2D eigenvalue weighted by atomic mass is 10.0. The number of hydrogen-bond donors (Lipinski definition) is 4. The van der Waals surface area contributed by atoms with Gasteiger partial charge in [-0.25, -0.2) is 0 Å². The molecule has 6 N–H and O–H groups in total. The first kappa shape index (κ1) is 15.3. The lowest BCUT2D eigenvalue weighted by Gasteiger charge is -2.21. The molecule has 0 radical (unpaired) electrons. The molecule has 3 rings (SSSR count). The molecule has 122 valence electrons. The number of nitrogens with one attached hydrogen (secondary N) is 1. The van der Waals surface area contributed by atoms with E-state index in [4.69, 9.17) is 11.5 Å². The van der Waals surface area contributed by atoms with Crippen LogP contribution in [0.4, 0.5) is 0 Å². The number of rotatable bonds is 1. The zero-order chi connectivity index (χ0) is 15.9. The Balaban J connectivity index is 1.87. The summed E-state index contributed by atoms with van der Waals surface area (Å²) in [6.07, 6.45) is 5.07. The predicted molar refractivity (Wildman–Crippen MR) is 80.7 cm³/mol. The van der Waals surface area contributed by atoms with Crippen molar-refractivity contribution in [1.29, 1.82) is 0 Å². The van der Waals surface area contributed by atoms with E-state index in [9.17, 15) is 14.7 Å². The van der Waals surface area contributed by atoms with E-state index in [2.05, 4.69) is 10.2 Å². The third kappa shape index (κ3) is 2.96. The van der Waals surface area contributed by atoms with Crippen LogP contribution in [0.25, 0.3) is 0 Å². The average Bonchev–Trinajstić information content (AvgIpc) is 3.11. The van der Waals surface area contributed by atoms with E-state index in [0.717, 1.165) is 19.4 Å². The Morgan fingerprint density at radius 3 is 2.86 bits per heavy atom. The van der Waals surface area contributed by atoms with Gasteiger partial charge in [-0.3, -0.25) is 14.9 Å². The second kappa shape index (κ2) is 5.89. The van der Waals surface area contributed by atoms with E-state index >= 15 is 0 Å². The van der Waals surface area contributed by atoms with Crippen LogP contribution in [0.2, 0.25) is 0 Å². The summed E-state index contributed by atoms with van der Waals surface area (Å²) in [6.45, 7) is 0.800. The minimum atomic E-state index is -0.843. The normalized spacial score (nSPS) is 41.5. The van der Waals surface area contributed by atoms with Crippen LogP contribution < -0.4 is 16.8 Å². The Bertz CT molecular complexity index is 507. The van der Waals surface area contributed by atoms with Gasteiger partial charge in [0.05, 0.1) is 12.0 Å². The van der Waals surface area contributed by atoms with Gasteiger partial charge in [-0.15, -0.1) is 0 Å². The van der Waals surface area contributed by atoms with E-state index in [0.29, 0.717) is 25.0 Å². The van der Waals surface area contributed by atoms with Crippen molar-refractivity contribution in [1.82, 2.24) is 10.2 Å². The molecule has 2 aliphatic heterocycles. The van der Waals surface area contributed by atoms with Crippen molar-refractivity contribution in [3.8, 4) is 0 Å². The van der Waals surface area contributed by atoms with E-state index in [1.54, 1.807) is 0 Å². The summed E-state index contributed by atoms with van der Waals surface area (Å²) in [5.41, 5.74) is 12.7. The molecule has 0 aromatic rings. The fourth-order valence-electron chi connectivity index (χ4n) is 3.79. The van der Waals surface area contributed by atoms with Gasteiger partial charge in [0, 0.05) is 43.4 Å². The number of carbonyl (C=O) groups excluding carboxylic acids is 1. The molecule has 5 atom stereocenters. The van der Waals surface area contributed by atoms with Crippen molar-refractivity contribution in [3.05, 3.63) is 11.9 Å². The molecule has 22 heavy (non-hydrogen) atoms. The highest BCUT2D eigenvalue weighted by Gasteiger charge is 2.58. The van der Waals surface area contributed by atoms with Crippen LogP contribution in [-0.2, 0) is 9.59 Å². The summed E-state index contributed by atoms with van der Waals surface area (Å²) in [5.74, 6) is -0.898. The van der Waals surface area contributed by atoms with Crippen molar-refractivity contribution in [2.45, 2.75) is 56.3 Å². The van der Waals surface area contributed by atoms with Crippen LogP contribution in [0.15, 0.2) is 11.9 Å². The number of carbonyl (C=O) groups is 2. The second-order valence-corrected chi connectivity index (χ2v) is 6.67. The van der Waals surface area contributed by atoms with E-state index < -0.39 is 12.0 Å². The number of carboxylic acid groups (broad SMARTS) is 1. The van der Waals surface area contributed by atoms with Gasteiger partial charge in [-0.2, -0.15) is 0 Å². The Labute approximate surface area is 129 Å². The molecule has 0 amide bonds. The molecule has 1 aliphatic carbocycles. The molecule has 1 saturated heterocycles. The first-order chi connectivity index (χ1) is 10.5. The van der Waals surface area contributed by atoms with Gasteiger partial charge in [-0.05, 0) is 19.3 Å². The molecule has 0 spiro atoms. The third-order valence-electron chi connectivity index (χ3n) is 4.88. The zero-order valence-electron chi connectivity index (χ0n) is 12.6. The third-order valence-corrected chi connectivity index (χ3v) is 4.88. The minimum absolute atomic E-state index is 0.0105. The molecule has 0 bridgehead atoms. The van der Waals surface area contributed by atoms with Crippen molar-refractivity contribution >= 4 is 11.8 Å². The number of nitrogens with two attached hydrogens (primary N) is 2. The fraction of sp³-hybridized carbons (Fsp3) is 0.733. The highest BCUT2D eigenvalue weighted by molar-refractivity contribution is 5.87. The largest absolute Gasteiger partial charge is 0.480 e. The Hall–Kier alpha value is -1.60. The van der Waals surface area contributed by atoms with Crippen LogP contribution in [0.1, 0.15) is 32.1 Å². The lowest BCUT2D eigenvalue weighted by molar-refractivity contribution is -0.139. The maximum absolute atomic E-state index is 12.4.